The van der Waals surface area contributed by atoms with Crippen molar-refractivity contribution >= 4 is 35.1 Å². The van der Waals surface area contributed by atoms with Gasteiger partial charge in [-0.25, -0.2) is 9.50 Å². The molecule has 162 valence electrons. The van der Waals surface area contributed by atoms with Crippen LogP contribution in [0.1, 0.15) is 35.2 Å². The van der Waals surface area contributed by atoms with E-state index in [9.17, 15) is 4.79 Å². The molecular weight excluding hydrogens is 428 g/mol. The second-order valence-electron chi connectivity index (χ2n) is 7.78. The summed E-state index contributed by atoms with van der Waals surface area (Å²) in [7, 11) is 0. The van der Waals surface area contributed by atoms with Crippen molar-refractivity contribution < 1.29 is 0 Å². The van der Waals surface area contributed by atoms with Crippen LogP contribution in [0.15, 0.2) is 41.2 Å². The number of anilines is 2. The van der Waals surface area contributed by atoms with Crippen LogP contribution in [0, 0.1) is 19.3 Å². The van der Waals surface area contributed by atoms with Crippen LogP contribution in [-0.2, 0) is 0 Å². The Morgan fingerprint density at radius 1 is 1.22 bits per heavy atom. The molecule has 0 amide bonds. The van der Waals surface area contributed by atoms with Crippen LogP contribution in [0.3, 0.4) is 0 Å². The normalized spacial score (nSPS) is 15.7. The first kappa shape index (κ1) is 20.2. The third-order valence-electron chi connectivity index (χ3n) is 5.83. The van der Waals surface area contributed by atoms with Gasteiger partial charge in [0.25, 0.3) is 5.56 Å². The molecule has 3 N–H and O–H groups in total. The number of aromatic nitrogens is 5. The summed E-state index contributed by atoms with van der Waals surface area (Å²) < 4.78 is 3.21. The molecule has 3 aromatic heterocycles. The summed E-state index contributed by atoms with van der Waals surface area (Å²) >= 11 is 6.38. The van der Waals surface area contributed by atoms with Crippen molar-refractivity contribution in [3.8, 4) is 5.69 Å². The third-order valence-corrected chi connectivity index (χ3v) is 6.11. The maximum atomic E-state index is 13.6. The van der Waals surface area contributed by atoms with Crippen LogP contribution >= 0.6 is 11.6 Å². The number of fused-ring (bicyclic) bond motifs is 1. The smallest absolute Gasteiger partial charge is 0.284 e. The topological polar surface area (TPSA) is 118 Å². The number of hydrogen-bond acceptors (Lipinski definition) is 7. The van der Waals surface area contributed by atoms with Gasteiger partial charge in [0.1, 0.15) is 11.3 Å². The first-order chi connectivity index (χ1) is 15.4. The molecule has 0 bridgehead atoms. The largest absolute Gasteiger partial charge is 0.368 e. The number of nitrogens with zero attached hydrogens (tertiary/aromatic N) is 6. The molecule has 1 saturated heterocycles. The van der Waals surface area contributed by atoms with Crippen molar-refractivity contribution in [1.82, 2.24) is 24.1 Å². The van der Waals surface area contributed by atoms with Crippen LogP contribution < -0.4 is 16.2 Å². The van der Waals surface area contributed by atoms with E-state index < -0.39 is 0 Å². The fourth-order valence-electron chi connectivity index (χ4n) is 4.20. The van der Waals surface area contributed by atoms with E-state index in [2.05, 4.69) is 9.97 Å². The van der Waals surface area contributed by atoms with E-state index in [0.717, 1.165) is 12.1 Å². The minimum Gasteiger partial charge on any atom is -0.368 e. The quantitative estimate of drug-likeness (QED) is 0.463. The van der Waals surface area contributed by atoms with Crippen molar-refractivity contribution in [2.24, 2.45) is 0 Å². The highest BCUT2D eigenvalue weighted by molar-refractivity contribution is 6.34. The molecule has 10 heteroatoms. The number of hydrogen-bond donors (Lipinski definition) is 2. The summed E-state index contributed by atoms with van der Waals surface area (Å²) in [6, 6.07) is 10.9. The van der Waals surface area contributed by atoms with Crippen LogP contribution in [-0.4, -0.2) is 36.9 Å². The summed E-state index contributed by atoms with van der Waals surface area (Å²) in [6.45, 7) is 4.35. The standard InChI is InChI=1S/C22H21ClN8O/c1-12-10-16(23)18-21(32)30(14-6-4-3-5-7-14)20(28-31(12)18)17-8-9-29(17)19-15(11-24)13(2)26-22(25)27-19/h3-7,10-11,17,24H,8-9H2,1-2H3,(H2,25,26,27). The molecule has 0 spiro atoms. The van der Waals surface area contributed by atoms with E-state index in [1.807, 2.05) is 42.2 Å². The summed E-state index contributed by atoms with van der Waals surface area (Å²) in [5.74, 6) is 1.28. The maximum Gasteiger partial charge on any atom is 0.284 e. The van der Waals surface area contributed by atoms with E-state index >= 15 is 0 Å². The van der Waals surface area contributed by atoms with Gasteiger partial charge >= 0.3 is 0 Å². The summed E-state index contributed by atoms with van der Waals surface area (Å²) in [6.07, 6.45) is 2.00. The minimum atomic E-state index is -0.239. The lowest BCUT2D eigenvalue weighted by molar-refractivity contribution is 0.422. The lowest BCUT2D eigenvalue weighted by atomic mass is 10.0. The molecule has 4 heterocycles. The Labute approximate surface area is 188 Å². The molecule has 4 aromatic rings. The molecule has 32 heavy (non-hydrogen) atoms. The Bertz CT molecular complexity index is 1430. The van der Waals surface area contributed by atoms with E-state index in [1.165, 1.54) is 6.21 Å². The number of nitrogens with two attached hydrogens (primary N) is 1. The number of benzene rings is 1. The van der Waals surface area contributed by atoms with Gasteiger partial charge in [-0.05, 0) is 38.5 Å². The minimum absolute atomic E-state index is 0.144. The van der Waals surface area contributed by atoms with E-state index in [0.29, 0.717) is 45.7 Å². The fraction of sp³-hybridized carbons (Fsp3) is 0.227. The van der Waals surface area contributed by atoms with Gasteiger partial charge in [0, 0.05) is 18.5 Å². The SMILES string of the molecule is Cc1nc(N)nc(N2CCC2c2nn3c(C)cc(Cl)c3c(=O)n2-c2ccccc2)c1C=N. The van der Waals surface area contributed by atoms with Gasteiger partial charge in [-0.1, -0.05) is 29.8 Å². The van der Waals surface area contributed by atoms with Gasteiger partial charge in [0.2, 0.25) is 5.95 Å². The number of halogens is 1. The van der Waals surface area contributed by atoms with Crippen LogP contribution in [0.5, 0.6) is 0 Å². The number of nitrogen functional groups attached to an aromatic ring is 1. The second kappa shape index (κ2) is 7.45. The molecule has 1 aliphatic rings. The maximum absolute atomic E-state index is 13.6. The van der Waals surface area contributed by atoms with Gasteiger partial charge < -0.3 is 16.0 Å². The van der Waals surface area contributed by atoms with Gasteiger partial charge in [-0.15, -0.1) is 0 Å². The van der Waals surface area contributed by atoms with Crippen LogP contribution in [0.25, 0.3) is 11.2 Å². The first-order valence-electron chi connectivity index (χ1n) is 10.2. The Balaban J connectivity index is 1.76. The molecule has 5 rings (SSSR count). The Morgan fingerprint density at radius 2 is 1.97 bits per heavy atom. The Kier molecular flexibility index (Phi) is 4.70. The summed E-state index contributed by atoms with van der Waals surface area (Å²) in [5.41, 5.74) is 8.72. The molecule has 1 unspecified atom stereocenters. The number of para-hydroxylation sites is 1. The number of rotatable bonds is 4. The van der Waals surface area contributed by atoms with Crippen molar-refractivity contribution in [2.75, 3.05) is 17.2 Å². The average Bonchev–Trinajstić information content (AvgIpc) is 3.01. The highest BCUT2D eigenvalue weighted by Crippen LogP contribution is 2.38. The zero-order valence-electron chi connectivity index (χ0n) is 17.6. The zero-order valence-corrected chi connectivity index (χ0v) is 18.3. The van der Waals surface area contributed by atoms with Gasteiger partial charge in [-0.3, -0.25) is 9.36 Å². The Morgan fingerprint density at radius 3 is 2.62 bits per heavy atom. The fourth-order valence-corrected chi connectivity index (χ4v) is 4.52. The highest BCUT2D eigenvalue weighted by Gasteiger charge is 2.37. The zero-order chi connectivity index (χ0) is 22.6. The van der Waals surface area contributed by atoms with Gasteiger partial charge in [0.15, 0.2) is 5.82 Å². The third kappa shape index (κ3) is 2.96. The predicted molar refractivity (Wildman–Crippen MR) is 124 cm³/mol. The number of nitrogens with one attached hydrogen (secondary N) is 1. The van der Waals surface area contributed by atoms with Gasteiger partial charge in [0.05, 0.1) is 28.0 Å². The predicted octanol–water partition coefficient (Wildman–Crippen LogP) is 3.08. The molecule has 0 radical (unpaired) electrons. The van der Waals surface area contributed by atoms with Crippen LogP contribution in [0.2, 0.25) is 5.02 Å². The average molecular weight is 449 g/mol. The van der Waals surface area contributed by atoms with Crippen molar-refractivity contribution in [1.29, 1.82) is 5.41 Å². The Hall–Kier alpha value is -3.72. The lowest BCUT2D eigenvalue weighted by Gasteiger charge is -2.42. The summed E-state index contributed by atoms with van der Waals surface area (Å²) in [4.78, 5) is 24.2. The van der Waals surface area contributed by atoms with Gasteiger partial charge in [-0.2, -0.15) is 10.1 Å². The lowest BCUT2D eigenvalue weighted by Crippen LogP contribution is -2.46. The molecule has 1 fully saturated rings. The molecule has 0 saturated carbocycles. The molecule has 1 aromatic carbocycles. The van der Waals surface area contributed by atoms with Crippen LogP contribution in [0.4, 0.5) is 11.8 Å². The van der Waals surface area contributed by atoms with E-state index in [1.54, 1.807) is 22.1 Å². The number of aryl methyl sites for hydroxylation is 2. The van der Waals surface area contributed by atoms with E-state index in [-0.39, 0.29) is 17.5 Å². The molecule has 1 aliphatic heterocycles. The molecule has 0 aliphatic carbocycles. The van der Waals surface area contributed by atoms with Crippen molar-refractivity contribution in [2.45, 2.75) is 26.3 Å². The van der Waals surface area contributed by atoms with E-state index in [4.69, 9.17) is 27.8 Å². The highest BCUT2D eigenvalue weighted by atomic mass is 35.5. The van der Waals surface area contributed by atoms with Crippen molar-refractivity contribution in [3.63, 3.8) is 0 Å². The second-order valence-corrected chi connectivity index (χ2v) is 8.18. The molecule has 9 nitrogen and oxygen atoms in total. The monoisotopic (exact) mass is 448 g/mol. The first-order valence-corrected chi connectivity index (χ1v) is 10.6. The van der Waals surface area contributed by atoms with Crippen molar-refractivity contribution in [3.05, 3.63) is 74.6 Å². The summed E-state index contributed by atoms with van der Waals surface area (Å²) in [5, 5.41) is 13.1. The molecule has 1 atom stereocenters. The molecular formula is C22H21ClN8O.